The monoisotopic (exact) mass is 763 g/mol. The third-order valence-electron chi connectivity index (χ3n) is 11.3. The molecule has 3 saturated heterocycles. The summed E-state index contributed by atoms with van der Waals surface area (Å²) in [6, 6.07) is 4.01. The van der Waals surface area contributed by atoms with Gasteiger partial charge in [0.05, 0.1) is 30.3 Å². The Morgan fingerprint density at radius 1 is 1.09 bits per heavy atom. The van der Waals surface area contributed by atoms with Crippen LogP contribution in [-0.2, 0) is 9.47 Å². The largest absolute Gasteiger partial charge is 0.468 e. The van der Waals surface area contributed by atoms with Crippen molar-refractivity contribution in [3.05, 3.63) is 47.0 Å². The lowest BCUT2D eigenvalue weighted by Crippen LogP contribution is -2.57. The maximum atomic E-state index is 15.2. The fourth-order valence-corrected chi connectivity index (χ4v) is 8.53. The number of carboxylic acid groups (broad SMARTS) is 1. The summed E-state index contributed by atoms with van der Waals surface area (Å²) in [5.74, 6) is -1.06. The molecular weight excluding hydrogens is 723 g/mol. The van der Waals surface area contributed by atoms with Gasteiger partial charge < -0.3 is 33.5 Å². The number of nitrogens with zero attached hydrogens (tertiary/aromatic N) is 7. The van der Waals surface area contributed by atoms with Crippen LogP contribution in [0.1, 0.15) is 59.9 Å². The SMILES string of the molecule is C#Cc1c(F)ccc2cc(OCOC)cc(C(=O)c3nc4nc(OC[C@@H]5CC(F)(F)CN5C)nc(N5CC6CC(OC)C(C5)N6C(=O)O)c4n3C3CCC3)c12. The maximum absolute atomic E-state index is 15.2. The Morgan fingerprint density at radius 3 is 2.55 bits per heavy atom. The van der Waals surface area contributed by atoms with Gasteiger partial charge in [-0.2, -0.15) is 9.97 Å². The molecule has 17 heteroatoms. The molecule has 14 nitrogen and oxygen atoms in total. The second-order valence-electron chi connectivity index (χ2n) is 14.7. The van der Waals surface area contributed by atoms with Crippen molar-refractivity contribution in [3.8, 4) is 24.1 Å². The summed E-state index contributed by atoms with van der Waals surface area (Å²) in [6.45, 7) is -0.188. The number of carbonyl (C=O) groups excluding carboxylic acids is 1. The average Bonchev–Trinajstić information content (AvgIpc) is 3.72. The molecule has 3 aliphatic heterocycles. The number of hydrogen-bond donors (Lipinski definition) is 1. The lowest BCUT2D eigenvalue weighted by molar-refractivity contribution is 0.0136. The van der Waals surface area contributed by atoms with Crippen LogP contribution >= 0.6 is 0 Å². The number of terminal acetylenes is 1. The number of hydrogen-bond acceptors (Lipinski definition) is 11. The number of ether oxygens (including phenoxy) is 4. The van der Waals surface area contributed by atoms with E-state index in [2.05, 4.69) is 10.9 Å². The average molecular weight is 764 g/mol. The number of likely N-dealkylation sites (N-methyl/N-ethyl adjacent to an activating group) is 1. The number of piperazine rings is 1. The number of methoxy groups -OCH3 is 2. The van der Waals surface area contributed by atoms with Crippen molar-refractivity contribution in [2.45, 2.75) is 68.3 Å². The van der Waals surface area contributed by atoms with E-state index >= 15 is 4.39 Å². The zero-order valence-corrected chi connectivity index (χ0v) is 30.5. The van der Waals surface area contributed by atoms with Gasteiger partial charge in [0, 0.05) is 56.8 Å². The lowest BCUT2D eigenvalue weighted by atomic mass is 9.91. The summed E-state index contributed by atoms with van der Waals surface area (Å²) >= 11 is 0. The number of imidazole rings is 1. The fraction of sp³-hybridized carbons (Fsp3) is 0.500. The van der Waals surface area contributed by atoms with Gasteiger partial charge in [-0.15, -0.1) is 6.42 Å². The number of halogens is 3. The van der Waals surface area contributed by atoms with Crippen molar-refractivity contribution in [1.82, 2.24) is 29.3 Å². The molecule has 0 spiro atoms. The number of alkyl halides is 2. The normalized spacial score (nSPS) is 23.7. The first-order valence-corrected chi connectivity index (χ1v) is 18.1. The van der Waals surface area contributed by atoms with Crippen molar-refractivity contribution in [1.29, 1.82) is 0 Å². The number of carbonyl (C=O) groups is 2. The second kappa shape index (κ2) is 14.2. The number of amides is 1. The Balaban J connectivity index is 1.29. The number of fused-ring (bicyclic) bond motifs is 4. The van der Waals surface area contributed by atoms with Crippen LogP contribution in [0.4, 0.5) is 23.8 Å². The van der Waals surface area contributed by atoms with E-state index < -0.39 is 54.7 Å². The predicted molar refractivity (Wildman–Crippen MR) is 193 cm³/mol. The number of rotatable bonds is 11. The third kappa shape index (κ3) is 6.45. The lowest BCUT2D eigenvalue weighted by Gasteiger charge is -2.40. The Hall–Kier alpha value is -5.18. The Labute approximate surface area is 314 Å². The van der Waals surface area contributed by atoms with Gasteiger partial charge in [-0.3, -0.25) is 14.6 Å². The van der Waals surface area contributed by atoms with Crippen LogP contribution in [0.25, 0.3) is 21.9 Å². The van der Waals surface area contributed by atoms with Crippen molar-refractivity contribution < 1.29 is 46.8 Å². The zero-order chi connectivity index (χ0) is 38.8. The number of likely N-dealkylation sites (tertiary alicyclic amines) is 1. The van der Waals surface area contributed by atoms with Gasteiger partial charge >= 0.3 is 12.1 Å². The van der Waals surface area contributed by atoms with Crippen LogP contribution in [-0.4, -0.2) is 131 Å². The number of benzene rings is 2. The third-order valence-corrected chi connectivity index (χ3v) is 11.3. The quantitative estimate of drug-likeness (QED) is 0.128. The molecule has 1 aliphatic carbocycles. The second-order valence-corrected chi connectivity index (χ2v) is 14.7. The minimum atomic E-state index is -2.87. The molecule has 4 atom stereocenters. The van der Waals surface area contributed by atoms with E-state index in [1.54, 1.807) is 20.2 Å². The van der Waals surface area contributed by atoms with Crippen LogP contribution < -0.4 is 14.4 Å². The number of ketones is 1. The van der Waals surface area contributed by atoms with Crippen LogP contribution in [0.3, 0.4) is 0 Å². The molecule has 3 unspecified atom stereocenters. The molecule has 4 aromatic rings. The summed E-state index contributed by atoms with van der Waals surface area (Å²) in [5.41, 5.74) is 0.514. The van der Waals surface area contributed by atoms with E-state index in [0.717, 1.165) is 19.3 Å². The van der Waals surface area contributed by atoms with E-state index in [9.17, 15) is 23.5 Å². The first kappa shape index (κ1) is 36.8. The Bertz CT molecular complexity index is 2220. The van der Waals surface area contributed by atoms with Gasteiger partial charge in [0.2, 0.25) is 5.78 Å². The van der Waals surface area contributed by atoms with Crippen LogP contribution in [0.5, 0.6) is 11.8 Å². The molecule has 4 fully saturated rings. The van der Waals surface area contributed by atoms with Gasteiger partial charge in [-0.1, -0.05) is 12.0 Å². The summed E-state index contributed by atoms with van der Waals surface area (Å²) in [5, 5.41) is 10.8. The van der Waals surface area contributed by atoms with Crippen molar-refractivity contribution in [3.63, 3.8) is 0 Å². The zero-order valence-electron chi connectivity index (χ0n) is 30.5. The fourth-order valence-electron chi connectivity index (χ4n) is 8.53. The predicted octanol–water partition coefficient (Wildman–Crippen LogP) is 4.71. The minimum absolute atomic E-state index is 0.00176. The highest BCUT2D eigenvalue weighted by Gasteiger charge is 2.50. The van der Waals surface area contributed by atoms with Crippen molar-refractivity contribution in [2.75, 3.05) is 59.2 Å². The summed E-state index contributed by atoms with van der Waals surface area (Å²) in [7, 11) is 4.61. The topological polar surface area (TPSA) is 145 Å². The van der Waals surface area contributed by atoms with Crippen molar-refractivity contribution in [2.24, 2.45) is 0 Å². The molecular formula is C38H40F3N7O7. The standard InChI is InChI=1S/C38H40F3N7O7/c1-5-25-27(39)10-9-20-11-24(55-19-52-3)13-26(30(20)25)32(49)35-42-33-31(48(35)21-7-6-8-21)34(44-36(43-33)54-17-23-14-38(40,41)18-45(23)2)46-15-22-12-29(53-4)28(16-46)47(22)37(50)51/h1,9-11,13,21-23,28-29H,6-8,12,14-19H2,2-4H3,(H,50,51)/t22?,23-,28?,29?/m0/s1. The summed E-state index contributed by atoms with van der Waals surface area (Å²) < 4.78 is 68.1. The van der Waals surface area contributed by atoms with Gasteiger partial charge in [0.1, 0.15) is 23.7 Å². The van der Waals surface area contributed by atoms with E-state index in [-0.39, 0.29) is 78.4 Å². The molecule has 1 amide bonds. The van der Waals surface area contributed by atoms with E-state index in [4.69, 9.17) is 35.3 Å². The van der Waals surface area contributed by atoms with Crippen molar-refractivity contribution >= 4 is 39.6 Å². The molecule has 1 saturated carbocycles. The molecule has 2 aromatic heterocycles. The highest BCUT2D eigenvalue weighted by Crippen LogP contribution is 2.42. The highest BCUT2D eigenvalue weighted by molar-refractivity contribution is 6.17. The van der Waals surface area contributed by atoms with Crippen LogP contribution in [0.15, 0.2) is 24.3 Å². The molecule has 8 rings (SSSR count). The molecule has 0 radical (unpaired) electrons. The van der Waals surface area contributed by atoms with E-state index in [1.165, 1.54) is 35.1 Å². The summed E-state index contributed by atoms with van der Waals surface area (Å²) in [4.78, 5) is 46.5. The first-order chi connectivity index (χ1) is 26.4. The smallest absolute Gasteiger partial charge is 0.408 e. The molecule has 1 N–H and O–H groups in total. The van der Waals surface area contributed by atoms with E-state index in [0.29, 0.717) is 23.1 Å². The van der Waals surface area contributed by atoms with Gasteiger partial charge in [-0.25, -0.2) is 22.9 Å². The molecule has 55 heavy (non-hydrogen) atoms. The molecule has 5 heterocycles. The maximum Gasteiger partial charge on any atom is 0.408 e. The molecule has 2 aromatic carbocycles. The van der Waals surface area contributed by atoms with Crippen LogP contribution in [0, 0.1) is 18.2 Å². The summed E-state index contributed by atoms with van der Waals surface area (Å²) in [6.07, 6.45) is 6.79. The molecule has 290 valence electrons. The minimum Gasteiger partial charge on any atom is -0.468 e. The van der Waals surface area contributed by atoms with Gasteiger partial charge in [-0.05, 0) is 56.3 Å². The molecule has 2 bridgehead atoms. The van der Waals surface area contributed by atoms with Gasteiger partial charge in [0.25, 0.3) is 5.92 Å². The van der Waals surface area contributed by atoms with Crippen LogP contribution in [0.2, 0.25) is 0 Å². The first-order valence-electron chi connectivity index (χ1n) is 18.1. The Kier molecular flexibility index (Phi) is 9.46. The number of anilines is 1. The Morgan fingerprint density at radius 2 is 1.89 bits per heavy atom. The molecule has 4 aliphatic rings. The number of aromatic nitrogens is 4. The van der Waals surface area contributed by atoms with Gasteiger partial charge in [0.15, 0.2) is 24.1 Å². The highest BCUT2D eigenvalue weighted by atomic mass is 19.3. The van der Waals surface area contributed by atoms with E-state index in [1.807, 2.05) is 9.47 Å².